The van der Waals surface area contributed by atoms with Crippen LogP contribution < -0.4 is 0 Å². The van der Waals surface area contributed by atoms with Crippen LogP contribution in [0.4, 0.5) is 0 Å². The van der Waals surface area contributed by atoms with Crippen LogP contribution in [0.15, 0.2) is 23.8 Å². The third-order valence-electron chi connectivity index (χ3n) is 6.03. The summed E-state index contributed by atoms with van der Waals surface area (Å²) in [4.78, 5) is 14.9. The van der Waals surface area contributed by atoms with Crippen molar-refractivity contribution in [1.29, 1.82) is 0 Å². The van der Waals surface area contributed by atoms with Crippen molar-refractivity contribution in [3.63, 3.8) is 0 Å². The van der Waals surface area contributed by atoms with Crippen LogP contribution in [0.25, 0.3) is 0 Å². The molecule has 2 bridgehead atoms. The van der Waals surface area contributed by atoms with E-state index in [4.69, 9.17) is 0 Å². The van der Waals surface area contributed by atoms with E-state index >= 15 is 0 Å². The Morgan fingerprint density at radius 3 is 3.11 bits per heavy atom. The van der Waals surface area contributed by atoms with Crippen molar-refractivity contribution in [2.75, 3.05) is 6.54 Å². The lowest BCUT2D eigenvalue weighted by atomic mass is 9.61. The van der Waals surface area contributed by atoms with E-state index in [1.165, 1.54) is 24.8 Å². The molecule has 2 heteroatoms. The minimum atomic E-state index is 0.144. The molecule has 4 aliphatic rings. The van der Waals surface area contributed by atoms with Crippen LogP contribution in [0.2, 0.25) is 0 Å². The lowest BCUT2D eigenvalue weighted by Gasteiger charge is -2.47. The molecule has 2 nitrogen and oxygen atoms in total. The van der Waals surface area contributed by atoms with Gasteiger partial charge in [0.05, 0.1) is 0 Å². The second-order valence-corrected chi connectivity index (χ2v) is 6.76. The number of hydrogen-bond donors (Lipinski definition) is 0. The third-order valence-corrected chi connectivity index (χ3v) is 6.03. The SMILES string of the molecule is C=C1CN2C(=O)[C@H]3CCCCC4=CC1CC2[C@]43C. The van der Waals surface area contributed by atoms with Gasteiger partial charge in [-0.2, -0.15) is 0 Å². The second kappa shape index (κ2) is 3.28. The van der Waals surface area contributed by atoms with Gasteiger partial charge in [0.1, 0.15) is 0 Å². The molecule has 2 aliphatic carbocycles. The Morgan fingerprint density at radius 1 is 1.44 bits per heavy atom. The van der Waals surface area contributed by atoms with Crippen LogP contribution in [0, 0.1) is 17.3 Å². The highest BCUT2D eigenvalue weighted by Crippen LogP contribution is 2.59. The normalized spacial score (nSPS) is 45.9. The van der Waals surface area contributed by atoms with Crippen molar-refractivity contribution >= 4 is 5.91 Å². The molecule has 0 aromatic carbocycles. The van der Waals surface area contributed by atoms with E-state index in [1.807, 2.05) is 0 Å². The predicted molar refractivity (Wildman–Crippen MR) is 70.9 cm³/mol. The first-order valence-corrected chi connectivity index (χ1v) is 7.31. The molecular weight excluding hydrogens is 222 g/mol. The maximum atomic E-state index is 12.7. The van der Waals surface area contributed by atoms with Gasteiger partial charge in [0.2, 0.25) is 5.91 Å². The number of nitrogens with zero attached hydrogens (tertiary/aromatic N) is 1. The van der Waals surface area contributed by atoms with E-state index in [9.17, 15) is 4.79 Å². The lowest BCUT2D eigenvalue weighted by molar-refractivity contribution is -0.132. The van der Waals surface area contributed by atoms with Gasteiger partial charge in [0.25, 0.3) is 0 Å². The zero-order chi connectivity index (χ0) is 12.5. The van der Waals surface area contributed by atoms with E-state index in [1.54, 1.807) is 5.57 Å². The Balaban J connectivity index is 1.93. The quantitative estimate of drug-likeness (QED) is 0.599. The van der Waals surface area contributed by atoms with Gasteiger partial charge >= 0.3 is 0 Å². The van der Waals surface area contributed by atoms with Gasteiger partial charge in [-0.25, -0.2) is 0 Å². The van der Waals surface area contributed by atoms with E-state index in [0.29, 0.717) is 17.9 Å². The number of fused-ring (bicyclic) bond motifs is 1. The zero-order valence-corrected chi connectivity index (χ0v) is 11.1. The fraction of sp³-hybridized carbons (Fsp3) is 0.688. The smallest absolute Gasteiger partial charge is 0.227 e. The predicted octanol–water partition coefficient (Wildman–Crippen LogP) is 2.91. The van der Waals surface area contributed by atoms with Crippen LogP contribution in [-0.2, 0) is 4.79 Å². The van der Waals surface area contributed by atoms with Crippen LogP contribution in [-0.4, -0.2) is 23.4 Å². The van der Waals surface area contributed by atoms with E-state index in [0.717, 1.165) is 19.4 Å². The van der Waals surface area contributed by atoms with Crippen molar-refractivity contribution < 1.29 is 4.79 Å². The van der Waals surface area contributed by atoms with Crippen molar-refractivity contribution in [1.82, 2.24) is 4.90 Å². The highest BCUT2D eigenvalue weighted by Gasteiger charge is 2.61. The number of piperidine rings is 1. The van der Waals surface area contributed by atoms with Gasteiger partial charge in [-0.05, 0) is 25.7 Å². The fourth-order valence-electron chi connectivity index (χ4n) is 4.96. The van der Waals surface area contributed by atoms with Gasteiger partial charge in [-0.1, -0.05) is 37.1 Å². The maximum Gasteiger partial charge on any atom is 0.227 e. The summed E-state index contributed by atoms with van der Waals surface area (Å²) in [6.07, 6.45) is 8.38. The van der Waals surface area contributed by atoms with Gasteiger partial charge in [0, 0.05) is 29.8 Å². The third kappa shape index (κ3) is 1.08. The zero-order valence-electron chi connectivity index (χ0n) is 11.1. The Hall–Kier alpha value is -1.05. The van der Waals surface area contributed by atoms with Crippen molar-refractivity contribution in [3.8, 4) is 0 Å². The lowest BCUT2D eigenvalue weighted by Crippen LogP contribution is -2.49. The molecule has 1 saturated carbocycles. The highest BCUT2D eigenvalue weighted by atomic mass is 16.2. The van der Waals surface area contributed by atoms with Gasteiger partial charge in [0.15, 0.2) is 0 Å². The molecule has 0 radical (unpaired) electrons. The first kappa shape index (κ1) is 10.8. The molecule has 1 amide bonds. The van der Waals surface area contributed by atoms with Crippen molar-refractivity contribution in [2.45, 2.75) is 45.1 Å². The number of hydrogen-bond acceptors (Lipinski definition) is 1. The van der Waals surface area contributed by atoms with E-state index in [2.05, 4.69) is 24.5 Å². The molecule has 0 N–H and O–H groups in total. The molecule has 2 aliphatic heterocycles. The maximum absolute atomic E-state index is 12.7. The summed E-state index contributed by atoms with van der Waals surface area (Å²) >= 11 is 0. The second-order valence-electron chi connectivity index (χ2n) is 6.76. The first-order valence-electron chi connectivity index (χ1n) is 7.31. The van der Waals surface area contributed by atoms with Crippen LogP contribution in [0.1, 0.15) is 39.0 Å². The summed E-state index contributed by atoms with van der Waals surface area (Å²) in [5.41, 5.74) is 2.97. The summed E-state index contributed by atoms with van der Waals surface area (Å²) in [5, 5.41) is 0. The van der Waals surface area contributed by atoms with Crippen LogP contribution in [0.3, 0.4) is 0 Å². The largest absolute Gasteiger partial charge is 0.335 e. The summed E-state index contributed by atoms with van der Waals surface area (Å²) < 4.78 is 0. The van der Waals surface area contributed by atoms with Crippen molar-refractivity contribution in [2.24, 2.45) is 17.3 Å². The number of rotatable bonds is 0. The average Bonchev–Trinajstić information content (AvgIpc) is 2.48. The molecular formula is C16H21NO. The van der Waals surface area contributed by atoms with Gasteiger partial charge in [-0.3, -0.25) is 4.79 Å². The van der Waals surface area contributed by atoms with Crippen LogP contribution in [0.5, 0.6) is 0 Å². The number of amides is 1. The van der Waals surface area contributed by atoms with Crippen LogP contribution >= 0.6 is 0 Å². The molecule has 4 atom stereocenters. The molecule has 2 heterocycles. The number of allylic oxidation sites excluding steroid dienone is 1. The standard InChI is InChI=1S/C16H21NO/c1-10-9-17-14-8-11(10)7-12-5-3-4-6-13(15(17)18)16(12,14)2/h7,11,13-14H,1,3-6,8-9H2,2H3/t11?,13-,14?,16-/m1/s1. The Morgan fingerprint density at radius 2 is 2.28 bits per heavy atom. The number of carbonyl (C=O) groups is 1. The highest BCUT2D eigenvalue weighted by molar-refractivity contribution is 5.85. The molecule has 96 valence electrons. The Labute approximate surface area is 109 Å². The molecule has 0 spiro atoms. The van der Waals surface area contributed by atoms with Crippen molar-refractivity contribution in [3.05, 3.63) is 23.8 Å². The molecule has 2 unspecified atom stereocenters. The monoisotopic (exact) mass is 243 g/mol. The van der Waals surface area contributed by atoms with Gasteiger partial charge < -0.3 is 4.90 Å². The molecule has 2 saturated heterocycles. The molecule has 0 aromatic heterocycles. The molecule has 3 fully saturated rings. The Kier molecular flexibility index (Phi) is 1.98. The summed E-state index contributed by atoms with van der Waals surface area (Å²) in [7, 11) is 0. The molecule has 0 aromatic rings. The first-order chi connectivity index (χ1) is 8.62. The minimum Gasteiger partial charge on any atom is -0.335 e. The average molecular weight is 243 g/mol. The molecule has 18 heavy (non-hydrogen) atoms. The summed E-state index contributed by atoms with van der Waals surface area (Å²) in [6.45, 7) is 7.38. The molecule has 4 rings (SSSR count). The van der Waals surface area contributed by atoms with Gasteiger partial charge in [-0.15, -0.1) is 0 Å². The Bertz CT molecular complexity index is 477. The topological polar surface area (TPSA) is 20.3 Å². The minimum absolute atomic E-state index is 0.144. The van der Waals surface area contributed by atoms with E-state index < -0.39 is 0 Å². The van der Waals surface area contributed by atoms with E-state index in [-0.39, 0.29) is 11.3 Å². The summed E-state index contributed by atoms with van der Waals surface area (Å²) in [5.74, 6) is 1.21. The number of carbonyl (C=O) groups excluding carboxylic acids is 1. The summed E-state index contributed by atoms with van der Waals surface area (Å²) in [6, 6.07) is 0.462. The fourth-order valence-corrected chi connectivity index (χ4v) is 4.96.